The molecule has 0 bridgehead atoms. The van der Waals surface area contributed by atoms with Crippen molar-refractivity contribution in [2.24, 2.45) is 12.8 Å². The lowest BCUT2D eigenvalue weighted by atomic mass is 9.99. The van der Waals surface area contributed by atoms with E-state index < -0.39 is 0 Å². The van der Waals surface area contributed by atoms with Crippen LogP contribution < -0.4 is 5.73 Å². The summed E-state index contributed by atoms with van der Waals surface area (Å²) in [6, 6.07) is 6.24. The quantitative estimate of drug-likeness (QED) is 0.820. The van der Waals surface area contributed by atoms with Gasteiger partial charge >= 0.3 is 0 Å². The number of aromatic nitrogens is 1. The largest absolute Gasteiger partial charge is 0.369 e. The molecule has 0 radical (unpaired) electrons. The zero-order valence-corrected chi connectivity index (χ0v) is 9.82. The molecule has 0 aliphatic rings. The molecule has 0 aliphatic carbocycles. The summed E-state index contributed by atoms with van der Waals surface area (Å²) in [4.78, 5) is 11.3. The van der Waals surface area contributed by atoms with Crippen LogP contribution in [-0.2, 0) is 11.8 Å². The molecule has 0 aliphatic heterocycles. The van der Waals surface area contributed by atoms with Crippen molar-refractivity contribution >= 4 is 16.8 Å². The lowest BCUT2D eigenvalue weighted by Gasteiger charge is -2.05. The van der Waals surface area contributed by atoms with E-state index in [4.69, 9.17) is 5.73 Å². The van der Waals surface area contributed by atoms with Gasteiger partial charge in [-0.15, -0.1) is 0 Å². The molecule has 3 heteroatoms. The Hall–Kier alpha value is -1.77. The minimum atomic E-state index is -0.283. The first-order valence-electron chi connectivity index (χ1n) is 5.35. The number of nitrogens with zero attached hydrogens (tertiary/aromatic N) is 1. The van der Waals surface area contributed by atoms with E-state index in [1.54, 1.807) is 0 Å². The standard InChI is InChI=1S/C13H16N2O/c1-8-4-5-12-10(6-8)11(7-15(12)3)9(2)13(14)16/h4-7,9H,1-3H3,(H2,14,16). The van der Waals surface area contributed by atoms with Gasteiger partial charge < -0.3 is 10.3 Å². The average molecular weight is 216 g/mol. The lowest BCUT2D eigenvalue weighted by Crippen LogP contribution is -2.18. The number of fused-ring (bicyclic) bond motifs is 1. The number of amides is 1. The molecule has 3 nitrogen and oxygen atoms in total. The van der Waals surface area contributed by atoms with Gasteiger partial charge in [0.2, 0.25) is 5.91 Å². The van der Waals surface area contributed by atoms with Crippen molar-refractivity contribution in [1.82, 2.24) is 4.57 Å². The first kappa shape index (κ1) is 10.7. The maximum atomic E-state index is 11.3. The zero-order valence-electron chi connectivity index (χ0n) is 9.82. The first-order chi connectivity index (χ1) is 7.50. The summed E-state index contributed by atoms with van der Waals surface area (Å²) < 4.78 is 2.03. The van der Waals surface area contributed by atoms with Crippen LogP contribution in [0.1, 0.15) is 24.0 Å². The molecule has 1 amide bonds. The number of aryl methyl sites for hydroxylation is 2. The number of carbonyl (C=O) groups is 1. The number of hydrogen-bond donors (Lipinski definition) is 1. The monoisotopic (exact) mass is 216 g/mol. The molecule has 2 aromatic rings. The fourth-order valence-corrected chi connectivity index (χ4v) is 2.03. The first-order valence-corrected chi connectivity index (χ1v) is 5.35. The highest BCUT2D eigenvalue weighted by Crippen LogP contribution is 2.27. The van der Waals surface area contributed by atoms with E-state index in [9.17, 15) is 4.79 Å². The predicted molar refractivity (Wildman–Crippen MR) is 65.3 cm³/mol. The predicted octanol–water partition coefficient (Wildman–Crippen LogP) is 2.08. The summed E-state index contributed by atoms with van der Waals surface area (Å²) in [6.07, 6.45) is 1.99. The Morgan fingerprint density at radius 2 is 2.12 bits per heavy atom. The Morgan fingerprint density at radius 1 is 1.44 bits per heavy atom. The number of primary amides is 1. The van der Waals surface area contributed by atoms with Crippen molar-refractivity contribution in [1.29, 1.82) is 0 Å². The Labute approximate surface area is 94.9 Å². The van der Waals surface area contributed by atoms with Crippen LogP contribution in [0.15, 0.2) is 24.4 Å². The summed E-state index contributed by atoms with van der Waals surface area (Å²) in [5.74, 6) is -0.528. The van der Waals surface area contributed by atoms with E-state index in [1.807, 2.05) is 31.7 Å². The molecule has 1 aromatic heterocycles. The highest BCUT2D eigenvalue weighted by atomic mass is 16.1. The van der Waals surface area contributed by atoms with E-state index in [0.29, 0.717) is 0 Å². The second-order valence-corrected chi connectivity index (χ2v) is 4.34. The Bertz CT molecular complexity index is 554. The average Bonchev–Trinajstić information content (AvgIpc) is 2.54. The highest BCUT2D eigenvalue weighted by molar-refractivity contribution is 5.91. The van der Waals surface area contributed by atoms with Gasteiger partial charge in [0, 0.05) is 24.1 Å². The van der Waals surface area contributed by atoms with Crippen molar-refractivity contribution in [2.45, 2.75) is 19.8 Å². The van der Waals surface area contributed by atoms with Crippen LogP contribution in [-0.4, -0.2) is 10.5 Å². The molecule has 0 saturated carbocycles. The van der Waals surface area contributed by atoms with Gasteiger partial charge in [0.15, 0.2) is 0 Å². The molecule has 1 heterocycles. The number of rotatable bonds is 2. The molecular formula is C13H16N2O. The third-order valence-corrected chi connectivity index (χ3v) is 3.07. The lowest BCUT2D eigenvalue weighted by molar-refractivity contribution is -0.119. The van der Waals surface area contributed by atoms with Crippen LogP contribution in [0.3, 0.4) is 0 Å². The topological polar surface area (TPSA) is 48.0 Å². The molecular weight excluding hydrogens is 200 g/mol. The normalized spacial score (nSPS) is 12.9. The molecule has 16 heavy (non-hydrogen) atoms. The van der Waals surface area contributed by atoms with Gasteiger partial charge in [0.25, 0.3) is 0 Å². The number of nitrogens with two attached hydrogens (primary N) is 1. The van der Waals surface area contributed by atoms with E-state index in [1.165, 1.54) is 5.56 Å². The van der Waals surface area contributed by atoms with Crippen LogP contribution in [0.5, 0.6) is 0 Å². The summed E-state index contributed by atoms with van der Waals surface area (Å²) in [5.41, 5.74) is 8.69. The van der Waals surface area contributed by atoms with Crippen LogP contribution in [0, 0.1) is 6.92 Å². The third-order valence-electron chi connectivity index (χ3n) is 3.07. The van der Waals surface area contributed by atoms with E-state index in [2.05, 4.69) is 18.2 Å². The van der Waals surface area contributed by atoms with Crippen LogP contribution in [0.2, 0.25) is 0 Å². The zero-order chi connectivity index (χ0) is 11.9. The Kier molecular flexibility index (Phi) is 2.46. The van der Waals surface area contributed by atoms with Gasteiger partial charge in [-0.1, -0.05) is 11.6 Å². The fraction of sp³-hybridized carbons (Fsp3) is 0.308. The number of carbonyl (C=O) groups excluding carboxylic acids is 1. The van der Waals surface area contributed by atoms with E-state index >= 15 is 0 Å². The van der Waals surface area contributed by atoms with E-state index in [0.717, 1.165) is 16.5 Å². The minimum absolute atomic E-state index is 0.245. The van der Waals surface area contributed by atoms with E-state index in [-0.39, 0.29) is 11.8 Å². The minimum Gasteiger partial charge on any atom is -0.369 e. The van der Waals surface area contributed by atoms with Gasteiger partial charge in [0.05, 0.1) is 5.92 Å². The number of benzene rings is 1. The fourth-order valence-electron chi connectivity index (χ4n) is 2.03. The number of hydrogen-bond acceptors (Lipinski definition) is 1. The summed E-state index contributed by atoms with van der Waals surface area (Å²) in [5, 5.41) is 1.12. The van der Waals surface area contributed by atoms with Crippen molar-refractivity contribution in [3.8, 4) is 0 Å². The highest BCUT2D eigenvalue weighted by Gasteiger charge is 2.17. The summed E-state index contributed by atoms with van der Waals surface area (Å²) >= 11 is 0. The molecule has 84 valence electrons. The van der Waals surface area contributed by atoms with Crippen molar-refractivity contribution in [3.63, 3.8) is 0 Å². The van der Waals surface area contributed by atoms with Crippen molar-refractivity contribution < 1.29 is 4.79 Å². The van der Waals surface area contributed by atoms with Crippen molar-refractivity contribution in [2.75, 3.05) is 0 Å². The van der Waals surface area contributed by atoms with Crippen LogP contribution in [0.25, 0.3) is 10.9 Å². The van der Waals surface area contributed by atoms with Gasteiger partial charge in [-0.2, -0.15) is 0 Å². The third kappa shape index (κ3) is 1.58. The maximum Gasteiger partial charge on any atom is 0.224 e. The van der Waals surface area contributed by atoms with Crippen LogP contribution >= 0.6 is 0 Å². The van der Waals surface area contributed by atoms with Crippen molar-refractivity contribution in [3.05, 3.63) is 35.5 Å². The molecule has 1 atom stereocenters. The summed E-state index contributed by atoms with van der Waals surface area (Å²) in [6.45, 7) is 3.89. The molecule has 0 spiro atoms. The Balaban J connectivity index is 2.70. The molecule has 0 fully saturated rings. The maximum absolute atomic E-state index is 11.3. The van der Waals surface area contributed by atoms with Gasteiger partial charge in [0.1, 0.15) is 0 Å². The summed E-state index contributed by atoms with van der Waals surface area (Å²) in [7, 11) is 1.98. The molecule has 1 unspecified atom stereocenters. The molecule has 1 aromatic carbocycles. The molecule has 2 rings (SSSR count). The SMILES string of the molecule is Cc1ccc2c(c1)c(C(C)C(N)=O)cn2C. The van der Waals surface area contributed by atoms with Gasteiger partial charge in [-0.3, -0.25) is 4.79 Å². The van der Waals surface area contributed by atoms with Gasteiger partial charge in [-0.05, 0) is 31.5 Å². The Morgan fingerprint density at radius 3 is 2.75 bits per heavy atom. The second-order valence-electron chi connectivity index (χ2n) is 4.34. The second kappa shape index (κ2) is 3.67. The molecule has 2 N–H and O–H groups in total. The van der Waals surface area contributed by atoms with Gasteiger partial charge in [-0.25, -0.2) is 0 Å². The van der Waals surface area contributed by atoms with Crippen LogP contribution in [0.4, 0.5) is 0 Å². The smallest absolute Gasteiger partial charge is 0.224 e. The molecule has 0 saturated heterocycles.